The molecule has 1 amide bonds. The van der Waals surface area contributed by atoms with Crippen LogP contribution in [-0.2, 0) is 11.8 Å². The molecule has 0 bridgehead atoms. The number of aromatic nitrogens is 2. The minimum absolute atomic E-state index is 0.111. The number of anilines is 1. The van der Waals surface area contributed by atoms with E-state index in [0.717, 1.165) is 17.1 Å². The van der Waals surface area contributed by atoms with E-state index in [4.69, 9.17) is 9.97 Å². The van der Waals surface area contributed by atoms with Gasteiger partial charge in [-0.15, -0.1) is 0 Å². The van der Waals surface area contributed by atoms with Crippen LogP contribution in [0.1, 0.15) is 53.8 Å². The van der Waals surface area contributed by atoms with Gasteiger partial charge in [0.15, 0.2) is 0 Å². The van der Waals surface area contributed by atoms with E-state index in [1.54, 1.807) is 17.0 Å². The predicted octanol–water partition coefficient (Wildman–Crippen LogP) is 4.91. The van der Waals surface area contributed by atoms with Crippen molar-refractivity contribution in [3.8, 4) is 0 Å². The molecule has 0 N–H and O–H groups in total. The molecular formula is C27H30F2N4O. The molecule has 34 heavy (non-hydrogen) atoms. The number of nitrogens with zero attached hydrogens (tertiary/aromatic N) is 4. The molecule has 1 aromatic heterocycles. The lowest BCUT2D eigenvalue weighted by molar-refractivity contribution is 0.0746. The second-order valence-corrected chi connectivity index (χ2v) is 9.73. The van der Waals surface area contributed by atoms with Gasteiger partial charge in [0.2, 0.25) is 0 Å². The molecule has 5 nitrogen and oxygen atoms in total. The van der Waals surface area contributed by atoms with Crippen LogP contribution in [-0.4, -0.2) is 47.0 Å². The Morgan fingerprint density at radius 3 is 2.21 bits per heavy atom. The van der Waals surface area contributed by atoms with Crippen molar-refractivity contribution in [2.45, 2.75) is 39.5 Å². The summed E-state index contributed by atoms with van der Waals surface area (Å²) in [6, 6.07) is 12.4. The molecular weight excluding hydrogens is 434 g/mol. The molecule has 2 aromatic carbocycles. The van der Waals surface area contributed by atoms with Crippen molar-refractivity contribution in [1.29, 1.82) is 0 Å². The molecule has 2 heterocycles. The van der Waals surface area contributed by atoms with Gasteiger partial charge in [-0.25, -0.2) is 18.7 Å². The Morgan fingerprint density at radius 2 is 1.59 bits per heavy atom. The number of benzene rings is 2. The van der Waals surface area contributed by atoms with E-state index in [1.807, 2.05) is 13.0 Å². The van der Waals surface area contributed by atoms with E-state index in [-0.39, 0.29) is 23.0 Å². The van der Waals surface area contributed by atoms with Gasteiger partial charge < -0.3 is 9.80 Å². The van der Waals surface area contributed by atoms with E-state index >= 15 is 0 Å². The van der Waals surface area contributed by atoms with Gasteiger partial charge in [-0.3, -0.25) is 4.79 Å². The van der Waals surface area contributed by atoms with Crippen LogP contribution in [0.15, 0.2) is 48.5 Å². The third-order valence-corrected chi connectivity index (χ3v) is 6.09. The van der Waals surface area contributed by atoms with Gasteiger partial charge in [0, 0.05) is 49.1 Å². The fraction of sp³-hybridized carbons (Fsp3) is 0.370. The Bertz CT molecular complexity index is 1180. The van der Waals surface area contributed by atoms with Gasteiger partial charge in [-0.05, 0) is 42.8 Å². The van der Waals surface area contributed by atoms with Crippen molar-refractivity contribution in [2.75, 3.05) is 31.1 Å². The summed E-state index contributed by atoms with van der Waals surface area (Å²) in [5, 5.41) is 0. The monoisotopic (exact) mass is 464 g/mol. The van der Waals surface area contributed by atoms with Crippen molar-refractivity contribution in [3.63, 3.8) is 0 Å². The van der Waals surface area contributed by atoms with Crippen molar-refractivity contribution in [3.05, 3.63) is 88.4 Å². The van der Waals surface area contributed by atoms with Gasteiger partial charge in [0.1, 0.15) is 23.3 Å². The smallest absolute Gasteiger partial charge is 0.253 e. The lowest BCUT2D eigenvalue weighted by Crippen LogP contribution is -2.49. The highest BCUT2D eigenvalue weighted by Crippen LogP contribution is 2.33. The van der Waals surface area contributed by atoms with Crippen LogP contribution in [0.5, 0.6) is 0 Å². The standard InChI is InChI=1S/C27H30F2N4O/c1-18-30-24(27(2,3)4)22(17-20-7-5-6-8-23(20)29)25(31-18)32-13-15-33(16-14-32)26(34)19-9-11-21(28)12-10-19/h5-12H,13-17H2,1-4H3. The van der Waals surface area contributed by atoms with Crippen LogP contribution in [0.25, 0.3) is 0 Å². The van der Waals surface area contributed by atoms with Gasteiger partial charge in [-0.1, -0.05) is 39.0 Å². The van der Waals surface area contributed by atoms with Gasteiger partial charge in [0.25, 0.3) is 5.91 Å². The molecule has 1 fully saturated rings. The van der Waals surface area contributed by atoms with E-state index in [0.29, 0.717) is 49.6 Å². The SMILES string of the molecule is Cc1nc(N2CCN(C(=O)c3ccc(F)cc3)CC2)c(Cc2ccccc2F)c(C(C)(C)C)n1. The van der Waals surface area contributed by atoms with E-state index < -0.39 is 0 Å². The zero-order valence-corrected chi connectivity index (χ0v) is 20.1. The zero-order valence-electron chi connectivity index (χ0n) is 20.1. The third kappa shape index (κ3) is 5.08. The number of rotatable bonds is 4. The van der Waals surface area contributed by atoms with Gasteiger partial charge in [0.05, 0.1) is 5.69 Å². The molecule has 0 spiro atoms. The highest BCUT2D eigenvalue weighted by molar-refractivity contribution is 5.94. The summed E-state index contributed by atoms with van der Waals surface area (Å²) >= 11 is 0. The summed E-state index contributed by atoms with van der Waals surface area (Å²) in [7, 11) is 0. The molecule has 0 atom stereocenters. The number of aryl methyl sites for hydroxylation is 1. The van der Waals surface area contributed by atoms with Crippen LogP contribution >= 0.6 is 0 Å². The van der Waals surface area contributed by atoms with Crippen molar-refractivity contribution >= 4 is 11.7 Å². The normalized spacial score (nSPS) is 14.4. The largest absolute Gasteiger partial charge is 0.353 e. The molecule has 0 aliphatic carbocycles. The Hall–Kier alpha value is -3.35. The Morgan fingerprint density at radius 1 is 0.941 bits per heavy atom. The maximum absolute atomic E-state index is 14.6. The highest BCUT2D eigenvalue weighted by atomic mass is 19.1. The molecule has 178 valence electrons. The maximum Gasteiger partial charge on any atom is 0.253 e. The number of piperazine rings is 1. The van der Waals surface area contributed by atoms with E-state index in [9.17, 15) is 13.6 Å². The van der Waals surface area contributed by atoms with Crippen molar-refractivity contribution < 1.29 is 13.6 Å². The molecule has 1 aliphatic rings. The first-order valence-corrected chi connectivity index (χ1v) is 11.5. The summed E-state index contributed by atoms with van der Waals surface area (Å²) in [4.78, 5) is 26.3. The number of carbonyl (C=O) groups is 1. The Kier molecular flexibility index (Phi) is 6.64. The lowest BCUT2D eigenvalue weighted by atomic mass is 9.86. The maximum atomic E-state index is 14.6. The molecule has 0 unspecified atom stereocenters. The van der Waals surface area contributed by atoms with Crippen molar-refractivity contribution in [1.82, 2.24) is 14.9 Å². The highest BCUT2D eigenvalue weighted by Gasteiger charge is 2.29. The Labute approximate surface area is 199 Å². The molecule has 4 rings (SSSR count). The first kappa shape index (κ1) is 23.8. The number of hydrogen-bond donors (Lipinski definition) is 0. The van der Waals surface area contributed by atoms with Gasteiger partial charge in [-0.2, -0.15) is 0 Å². The minimum atomic E-state index is -0.363. The molecule has 0 saturated carbocycles. The summed E-state index contributed by atoms with van der Waals surface area (Å²) < 4.78 is 27.8. The second kappa shape index (κ2) is 9.49. The average molecular weight is 465 g/mol. The molecule has 0 radical (unpaired) electrons. The summed E-state index contributed by atoms with van der Waals surface area (Å²) in [6.07, 6.45) is 0.392. The predicted molar refractivity (Wildman–Crippen MR) is 129 cm³/mol. The lowest BCUT2D eigenvalue weighted by Gasteiger charge is -2.37. The van der Waals surface area contributed by atoms with Crippen molar-refractivity contribution in [2.24, 2.45) is 0 Å². The van der Waals surface area contributed by atoms with Crippen LogP contribution in [0.3, 0.4) is 0 Å². The number of carbonyl (C=O) groups excluding carboxylic acids is 1. The average Bonchev–Trinajstić information content (AvgIpc) is 2.81. The zero-order chi connectivity index (χ0) is 24.5. The van der Waals surface area contributed by atoms with Crippen LogP contribution in [0.4, 0.5) is 14.6 Å². The van der Waals surface area contributed by atoms with E-state index in [1.165, 1.54) is 30.3 Å². The summed E-state index contributed by atoms with van der Waals surface area (Å²) in [6.45, 7) is 10.4. The molecule has 1 saturated heterocycles. The number of amides is 1. The fourth-order valence-electron chi connectivity index (χ4n) is 4.35. The molecule has 3 aromatic rings. The number of halogens is 2. The first-order valence-electron chi connectivity index (χ1n) is 11.5. The van der Waals surface area contributed by atoms with Crippen LogP contribution in [0.2, 0.25) is 0 Å². The minimum Gasteiger partial charge on any atom is -0.353 e. The van der Waals surface area contributed by atoms with Crippen LogP contribution in [0, 0.1) is 18.6 Å². The topological polar surface area (TPSA) is 49.3 Å². The van der Waals surface area contributed by atoms with E-state index in [2.05, 4.69) is 25.7 Å². The number of hydrogen-bond acceptors (Lipinski definition) is 4. The quantitative estimate of drug-likeness (QED) is 0.550. The molecule has 7 heteroatoms. The second-order valence-electron chi connectivity index (χ2n) is 9.73. The Balaban J connectivity index is 1.62. The third-order valence-electron chi connectivity index (χ3n) is 6.09. The first-order chi connectivity index (χ1) is 16.1. The summed E-state index contributed by atoms with van der Waals surface area (Å²) in [5.41, 5.74) is 2.66. The summed E-state index contributed by atoms with van der Waals surface area (Å²) in [5.74, 6) is 0.748. The van der Waals surface area contributed by atoms with Crippen LogP contribution < -0.4 is 4.90 Å². The fourth-order valence-corrected chi connectivity index (χ4v) is 4.35. The van der Waals surface area contributed by atoms with Gasteiger partial charge >= 0.3 is 0 Å². The molecule has 1 aliphatic heterocycles.